The van der Waals surface area contributed by atoms with Gasteiger partial charge in [-0.25, -0.2) is 4.98 Å². The number of hydrogen-bond donors (Lipinski definition) is 1. The van der Waals surface area contributed by atoms with Crippen molar-refractivity contribution in [2.75, 3.05) is 31.6 Å². The van der Waals surface area contributed by atoms with Gasteiger partial charge >= 0.3 is 0 Å². The molecule has 8 heteroatoms. The SMILES string of the molecule is Cc1cc(Cl)ccc1O[C@@H](C)C(=O)Nc1nc(CN2CCOCC2)cs1. The number of nitrogens with one attached hydrogen (secondary N) is 1. The van der Waals surface area contributed by atoms with Gasteiger partial charge in [0.15, 0.2) is 11.2 Å². The number of halogens is 1. The van der Waals surface area contributed by atoms with E-state index in [0.29, 0.717) is 15.9 Å². The molecule has 0 bridgehead atoms. The van der Waals surface area contributed by atoms with Gasteiger partial charge in [0.1, 0.15) is 5.75 Å². The molecule has 0 aliphatic carbocycles. The van der Waals surface area contributed by atoms with Crippen LogP contribution < -0.4 is 10.1 Å². The smallest absolute Gasteiger partial charge is 0.266 e. The van der Waals surface area contributed by atoms with Crippen molar-refractivity contribution in [3.63, 3.8) is 0 Å². The van der Waals surface area contributed by atoms with Crippen molar-refractivity contribution in [3.05, 3.63) is 39.9 Å². The van der Waals surface area contributed by atoms with Crippen LogP contribution in [0.15, 0.2) is 23.6 Å². The molecule has 2 heterocycles. The Bertz CT molecular complexity index is 762. The van der Waals surface area contributed by atoms with E-state index in [2.05, 4.69) is 15.2 Å². The quantitative estimate of drug-likeness (QED) is 0.812. The molecule has 26 heavy (non-hydrogen) atoms. The van der Waals surface area contributed by atoms with Crippen molar-refractivity contribution in [2.24, 2.45) is 0 Å². The number of aromatic nitrogens is 1. The average molecular weight is 396 g/mol. The number of carbonyl (C=O) groups excluding carboxylic acids is 1. The molecule has 1 amide bonds. The zero-order valence-electron chi connectivity index (χ0n) is 14.8. The molecule has 140 valence electrons. The number of amides is 1. The maximum absolute atomic E-state index is 12.4. The zero-order valence-corrected chi connectivity index (χ0v) is 16.4. The fourth-order valence-electron chi connectivity index (χ4n) is 2.62. The summed E-state index contributed by atoms with van der Waals surface area (Å²) in [7, 11) is 0. The zero-order chi connectivity index (χ0) is 18.5. The molecule has 6 nitrogen and oxygen atoms in total. The highest BCUT2D eigenvalue weighted by Crippen LogP contribution is 2.23. The van der Waals surface area contributed by atoms with Gasteiger partial charge < -0.3 is 9.47 Å². The molecule has 1 saturated heterocycles. The van der Waals surface area contributed by atoms with E-state index in [4.69, 9.17) is 21.1 Å². The molecule has 1 aliphatic rings. The Morgan fingerprint density at radius 2 is 2.23 bits per heavy atom. The topological polar surface area (TPSA) is 63.7 Å². The van der Waals surface area contributed by atoms with Crippen LogP contribution in [0.1, 0.15) is 18.2 Å². The minimum Gasteiger partial charge on any atom is -0.481 e. The van der Waals surface area contributed by atoms with Crippen LogP contribution in [-0.2, 0) is 16.1 Å². The van der Waals surface area contributed by atoms with Crippen molar-refractivity contribution in [2.45, 2.75) is 26.5 Å². The number of benzene rings is 1. The van der Waals surface area contributed by atoms with E-state index in [9.17, 15) is 4.79 Å². The van der Waals surface area contributed by atoms with E-state index >= 15 is 0 Å². The van der Waals surface area contributed by atoms with Crippen molar-refractivity contribution in [3.8, 4) is 5.75 Å². The molecule has 3 rings (SSSR count). The highest BCUT2D eigenvalue weighted by Gasteiger charge is 2.18. The first-order valence-corrected chi connectivity index (χ1v) is 9.75. The monoisotopic (exact) mass is 395 g/mol. The summed E-state index contributed by atoms with van der Waals surface area (Å²) in [5.41, 5.74) is 1.84. The molecule has 1 N–H and O–H groups in total. The van der Waals surface area contributed by atoms with Gasteiger partial charge in [0.2, 0.25) is 0 Å². The standard InChI is InChI=1S/C18H22ClN3O3S/c1-12-9-14(19)3-4-16(12)25-13(2)17(23)21-18-20-15(11-26-18)10-22-5-7-24-8-6-22/h3-4,9,11,13H,5-8,10H2,1-2H3,(H,20,21,23)/t13-/m0/s1. The van der Waals surface area contributed by atoms with E-state index in [1.165, 1.54) is 11.3 Å². The number of aryl methyl sites for hydroxylation is 1. The number of anilines is 1. The number of hydrogen-bond acceptors (Lipinski definition) is 6. The lowest BCUT2D eigenvalue weighted by atomic mass is 10.2. The molecule has 1 atom stereocenters. The third-order valence-electron chi connectivity index (χ3n) is 4.08. The lowest BCUT2D eigenvalue weighted by Crippen LogP contribution is -2.35. The molecular weight excluding hydrogens is 374 g/mol. The summed E-state index contributed by atoms with van der Waals surface area (Å²) in [6.07, 6.45) is -0.638. The second-order valence-corrected chi connectivity index (χ2v) is 7.49. The second-order valence-electron chi connectivity index (χ2n) is 6.19. The van der Waals surface area contributed by atoms with Crippen molar-refractivity contribution < 1.29 is 14.3 Å². The molecule has 2 aromatic rings. The summed E-state index contributed by atoms with van der Waals surface area (Å²) in [5, 5.41) is 6.02. The number of ether oxygens (including phenoxy) is 2. The number of rotatable bonds is 6. The normalized spacial score (nSPS) is 16.3. The van der Waals surface area contributed by atoms with Crippen molar-refractivity contribution >= 4 is 34.0 Å². The van der Waals surface area contributed by atoms with E-state index < -0.39 is 6.10 Å². The Morgan fingerprint density at radius 1 is 1.46 bits per heavy atom. The minimum atomic E-state index is -0.638. The van der Waals surface area contributed by atoms with Gasteiger partial charge in [0, 0.05) is 30.0 Å². The Morgan fingerprint density at radius 3 is 2.96 bits per heavy atom. The molecule has 1 aromatic heterocycles. The second kappa shape index (κ2) is 8.81. The maximum Gasteiger partial charge on any atom is 0.266 e. The molecule has 0 radical (unpaired) electrons. The van der Waals surface area contributed by atoms with Crippen LogP contribution in [0.4, 0.5) is 5.13 Å². The highest BCUT2D eigenvalue weighted by atomic mass is 35.5. The average Bonchev–Trinajstić information content (AvgIpc) is 3.05. The highest BCUT2D eigenvalue weighted by molar-refractivity contribution is 7.13. The van der Waals surface area contributed by atoms with Crippen LogP contribution in [0, 0.1) is 6.92 Å². The third kappa shape index (κ3) is 5.17. The van der Waals surface area contributed by atoms with Gasteiger partial charge in [-0.15, -0.1) is 11.3 Å². The first-order valence-electron chi connectivity index (χ1n) is 8.49. The summed E-state index contributed by atoms with van der Waals surface area (Å²) in [6.45, 7) is 7.70. The summed E-state index contributed by atoms with van der Waals surface area (Å²) < 4.78 is 11.1. The Kier molecular flexibility index (Phi) is 6.48. The Hall–Kier alpha value is -1.67. The van der Waals surface area contributed by atoms with E-state index in [1.54, 1.807) is 25.1 Å². The Balaban J connectivity index is 1.53. The van der Waals surface area contributed by atoms with E-state index in [0.717, 1.165) is 44.1 Å². The molecule has 1 aliphatic heterocycles. The number of carbonyl (C=O) groups is 1. The fourth-order valence-corrected chi connectivity index (χ4v) is 3.55. The van der Waals surface area contributed by atoms with Gasteiger partial charge in [-0.05, 0) is 37.6 Å². The van der Waals surface area contributed by atoms with Crippen LogP contribution in [-0.4, -0.2) is 48.2 Å². The van der Waals surface area contributed by atoms with Crippen LogP contribution in [0.2, 0.25) is 5.02 Å². The number of thiazole rings is 1. The van der Waals surface area contributed by atoms with Crippen LogP contribution in [0.25, 0.3) is 0 Å². The van der Waals surface area contributed by atoms with Gasteiger partial charge in [-0.3, -0.25) is 15.0 Å². The van der Waals surface area contributed by atoms with Gasteiger partial charge in [0.25, 0.3) is 5.91 Å². The predicted molar refractivity (Wildman–Crippen MR) is 103 cm³/mol. The van der Waals surface area contributed by atoms with Gasteiger partial charge in [0.05, 0.1) is 18.9 Å². The summed E-state index contributed by atoms with van der Waals surface area (Å²) in [6, 6.07) is 5.32. The number of nitrogens with zero attached hydrogens (tertiary/aromatic N) is 2. The first kappa shape index (κ1) is 19.1. The first-order chi connectivity index (χ1) is 12.5. The molecule has 0 spiro atoms. The van der Waals surface area contributed by atoms with Gasteiger partial charge in [-0.2, -0.15) is 0 Å². The molecule has 0 saturated carbocycles. The third-order valence-corrected chi connectivity index (χ3v) is 5.12. The number of morpholine rings is 1. The van der Waals surface area contributed by atoms with Gasteiger partial charge in [-0.1, -0.05) is 11.6 Å². The molecule has 0 unspecified atom stereocenters. The molecular formula is C18H22ClN3O3S. The van der Waals surface area contributed by atoms with Crippen LogP contribution >= 0.6 is 22.9 Å². The predicted octanol–water partition coefficient (Wildman–Crippen LogP) is 3.34. The van der Waals surface area contributed by atoms with E-state index in [1.807, 2.05) is 12.3 Å². The largest absolute Gasteiger partial charge is 0.481 e. The fraction of sp³-hybridized carbons (Fsp3) is 0.444. The Labute approximate surface area is 162 Å². The lowest BCUT2D eigenvalue weighted by molar-refractivity contribution is -0.122. The molecule has 1 aromatic carbocycles. The summed E-state index contributed by atoms with van der Waals surface area (Å²) in [4.78, 5) is 19.2. The van der Waals surface area contributed by atoms with Crippen LogP contribution in [0.5, 0.6) is 5.75 Å². The van der Waals surface area contributed by atoms with Crippen molar-refractivity contribution in [1.29, 1.82) is 0 Å². The minimum absolute atomic E-state index is 0.230. The lowest BCUT2D eigenvalue weighted by Gasteiger charge is -2.25. The maximum atomic E-state index is 12.4. The summed E-state index contributed by atoms with van der Waals surface area (Å²) >= 11 is 7.36. The van der Waals surface area contributed by atoms with Crippen LogP contribution in [0.3, 0.4) is 0 Å². The van der Waals surface area contributed by atoms with E-state index in [-0.39, 0.29) is 5.91 Å². The van der Waals surface area contributed by atoms with Crippen molar-refractivity contribution in [1.82, 2.24) is 9.88 Å². The molecule has 1 fully saturated rings. The summed E-state index contributed by atoms with van der Waals surface area (Å²) in [5.74, 6) is 0.413.